The molecule has 0 aliphatic heterocycles. The van der Waals surface area contributed by atoms with E-state index in [2.05, 4.69) is 0 Å². The van der Waals surface area contributed by atoms with Crippen LogP contribution in [0.1, 0.15) is 26.7 Å². The van der Waals surface area contributed by atoms with Gasteiger partial charge >= 0.3 is 0 Å². The lowest BCUT2D eigenvalue weighted by Gasteiger charge is -2.26. The van der Waals surface area contributed by atoms with E-state index in [-0.39, 0.29) is 17.7 Å². The van der Waals surface area contributed by atoms with Crippen molar-refractivity contribution < 1.29 is 18.0 Å². The Morgan fingerprint density at radius 3 is 2.21 bits per heavy atom. The van der Waals surface area contributed by atoms with Crippen molar-refractivity contribution in [2.24, 2.45) is 11.1 Å². The van der Waals surface area contributed by atoms with Crippen molar-refractivity contribution in [2.75, 3.05) is 0 Å². The summed E-state index contributed by atoms with van der Waals surface area (Å²) < 4.78 is 27.4. The molecule has 0 unspecified atom stereocenters. The molecule has 0 aromatic heterocycles. The van der Waals surface area contributed by atoms with Gasteiger partial charge in [0.25, 0.3) is 10.0 Å². The fourth-order valence-corrected chi connectivity index (χ4v) is 4.02. The van der Waals surface area contributed by atoms with Crippen LogP contribution in [0.15, 0.2) is 47.4 Å². The molecule has 0 saturated carbocycles. The number of carbonyl (C=O) groups excluding carboxylic acids is 2. The molecule has 0 aliphatic rings. The van der Waals surface area contributed by atoms with E-state index in [1.54, 1.807) is 50.2 Å². The summed E-state index contributed by atoms with van der Waals surface area (Å²) in [5.74, 6) is -1.73. The Kier molecular flexibility index (Phi) is 4.94. The smallest absolute Gasteiger partial charge is 0.264 e. The molecule has 6 nitrogen and oxygen atoms in total. The third kappa shape index (κ3) is 2.99. The maximum Gasteiger partial charge on any atom is 0.264 e. The van der Waals surface area contributed by atoms with Gasteiger partial charge in [-0.05, 0) is 24.3 Å². The van der Waals surface area contributed by atoms with Crippen molar-refractivity contribution >= 4 is 32.6 Å². The Morgan fingerprint density at radius 1 is 1.04 bits per heavy atom. The predicted molar refractivity (Wildman–Crippen MR) is 91.5 cm³/mol. The van der Waals surface area contributed by atoms with Gasteiger partial charge in [-0.2, -0.15) is 0 Å². The molecule has 2 aromatic carbocycles. The van der Waals surface area contributed by atoms with Crippen molar-refractivity contribution in [3.63, 3.8) is 0 Å². The average Bonchev–Trinajstić information content (AvgIpc) is 2.55. The number of nitrogens with two attached hydrogens (primary N) is 1. The van der Waals surface area contributed by atoms with Crippen molar-refractivity contribution in [2.45, 2.75) is 31.6 Å². The van der Waals surface area contributed by atoms with E-state index >= 15 is 0 Å². The first-order valence-corrected chi connectivity index (χ1v) is 9.11. The molecule has 0 bridgehead atoms. The molecule has 0 saturated heterocycles. The van der Waals surface area contributed by atoms with Gasteiger partial charge < -0.3 is 5.73 Å². The number of rotatable bonds is 6. The van der Waals surface area contributed by atoms with Crippen molar-refractivity contribution in [3.8, 4) is 0 Å². The summed E-state index contributed by atoms with van der Waals surface area (Å²) in [4.78, 5) is 24.2. The first kappa shape index (κ1) is 17.9. The van der Waals surface area contributed by atoms with E-state index in [1.807, 2.05) is 4.72 Å². The number of benzene rings is 2. The molecule has 2 amide bonds. The molecule has 128 valence electrons. The molecule has 2 rings (SSSR count). The van der Waals surface area contributed by atoms with Crippen LogP contribution in [0.5, 0.6) is 0 Å². The van der Waals surface area contributed by atoms with E-state index in [4.69, 9.17) is 5.73 Å². The Hall–Kier alpha value is -2.41. The highest BCUT2D eigenvalue weighted by atomic mass is 32.2. The van der Waals surface area contributed by atoms with Crippen LogP contribution < -0.4 is 10.5 Å². The zero-order valence-electron chi connectivity index (χ0n) is 13.6. The van der Waals surface area contributed by atoms with E-state index in [1.165, 1.54) is 6.07 Å². The fraction of sp³-hybridized carbons (Fsp3) is 0.294. The van der Waals surface area contributed by atoms with Crippen LogP contribution in [-0.2, 0) is 19.6 Å². The van der Waals surface area contributed by atoms with Crippen LogP contribution >= 0.6 is 0 Å². The minimum atomic E-state index is -4.13. The number of amides is 2. The summed E-state index contributed by atoms with van der Waals surface area (Å²) in [6.45, 7) is 3.25. The van der Waals surface area contributed by atoms with Crippen LogP contribution in [0.2, 0.25) is 0 Å². The largest absolute Gasteiger partial charge is 0.369 e. The van der Waals surface area contributed by atoms with Gasteiger partial charge in [-0.3, -0.25) is 9.59 Å². The summed E-state index contributed by atoms with van der Waals surface area (Å²) in [5.41, 5.74) is 3.80. The fourth-order valence-electron chi connectivity index (χ4n) is 2.74. The highest BCUT2D eigenvalue weighted by molar-refractivity contribution is 7.90. The SMILES string of the molecule is CCC(CC)(C(N)=O)C(=O)NS(=O)(=O)c1cccc2ccccc12. The summed E-state index contributed by atoms with van der Waals surface area (Å²) >= 11 is 0. The molecule has 0 heterocycles. The Bertz CT molecular complexity index is 881. The summed E-state index contributed by atoms with van der Waals surface area (Å²) in [5, 5.41) is 1.23. The highest BCUT2D eigenvalue weighted by Crippen LogP contribution is 2.28. The Balaban J connectivity index is 2.48. The minimum Gasteiger partial charge on any atom is -0.369 e. The molecule has 0 atom stereocenters. The maximum absolute atomic E-state index is 12.7. The summed E-state index contributed by atoms with van der Waals surface area (Å²) in [6, 6.07) is 11.8. The van der Waals surface area contributed by atoms with Gasteiger partial charge in [0.05, 0.1) is 4.90 Å². The lowest BCUT2D eigenvalue weighted by atomic mass is 9.81. The molecule has 2 aromatic rings. The predicted octanol–water partition coefficient (Wildman–Crippen LogP) is 1.94. The van der Waals surface area contributed by atoms with Gasteiger partial charge in [0, 0.05) is 5.39 Å². The van der Waals surface area contributed by atoms with E-state index in [0.717, 1.165) is 5.39 Å². The second kappa shape index (κ2) is 6.60. The number of nitrogens with one attached hydrogen (secondary N) is 1. The van der Waals surface area contributed by atoms with Crippen LogP contribution in [0.3, 0.4) is 0 Å². The third-order valence-corrected chi connectivity index (χ3v) is 5.77. The van der Waals surface area contributed by atoms with Crippen LogP contribution in [-0.4, -0.2) is 20.2 Å². The molecule has 3 N–H and O–H groups in total. The van der Waals surface area contributed by atoms with Crippen LogP contribution in [0, 0.1) is 5.41 Å². The zero-order chi connectivity index (χ0) is 18.0. The second-order valence-electron chi connectivity index (χ2n) is 5.57. The molecular formula is C17H20N2O4S. The minimum absolute atomic E-state index is 0.0143. The second-order valence-corrected chi connectivity index (χ2v) is 7.22. The molecule has 24 heavy (non-hydrogen) atoms. The van der Waals surface area contributed by atoms with Gasteiger partial charge in [-0.15, -0.1) is 0 Å². The zero-order valence-corrected chi connectivity index (χ0v) is 14.4. The first-order chi connectivity index (χ1) is 11.3. The number of hydrogen-bond donors (Lipinski definition) is 2. The third-order valence-electron chi connectivity index (χ3n) is 4.38. The van der Waals surface area contributed by atoms with Crippen LogP contribution in [0.4, 0.5) is 0 Å². The Labute approximate surface area is 141 Å². The number of carbonyl (C=O) groups is 2. The molecule has 0 radical (unpaired) electrons. The van der Waals surface area contributed by atoms with E-state index in [9.17, 15) is 18.0 Å². The topological polar surface area (TPSA) is 106 Å². The lowest BCUT2D eigenvalue weighted by Crippen LogP contribution is -2.50. The molecule has 0 fully saturated rings. The maximum atomic E-state index is 12.7. The average molecular weight is 348 g/mol. The van der Waals surface area contributed by atoms with Gasteiger partial charge in [0.1, 0.15) is 5.41 Å². The Morgan fingerprint density at radius 2 is 1.62 bits per heavy atom. The van der Waals surface area contributed by atoms with Gasteiger partial charge in [-0.1, -0.05) is 50.2 Å². The summed E-state index contributed by atoms with van der Waals surface area (Å²) in [6.07, 6.45) is 0.242. The van der Waals surface area contributed by atoms with Crippen molar-refractivity contribution in [3.05, 3.63) is 42.5 Å². The molecular weight excluding hydrogens is 328 g/mol. The molecule has 0 spiro atoms. The number of primary amides is 1. The molecule has 7 heteroatoms. The number of hydrogen-bond acceptors (Lipinski definition) is 4. The van der Waals surface area contributed by atoms with Crippen molar-refractivity contribution in [1.29, 1.82) is 0 Å². The number of sulfonamides is 1. The van der Waals surface area contributed by atoms with E-state index < -0.39 is 27.3 Å². The van der Waals surface area contributed by atoms with Gasteiger partial charge in [-0.25, -0.2) is 13.1 Å². The standard InChI is InChI=1S/C17H20N2O4S/c1-3-17(4-2,15(18)20)16(21)19-24(22,23)14-11-7-9-12-8-5-6-10-13(12)14/h5-11H,3-4H2,1-2H3,(H2,18,20)(H,19,21). The van der Waals surface area contributed by atoms with Gasteiger partial charge in [0.2, 0.25) is 11.8 Å². The molecule has 0 aliphatic carbocycles. The van der Waals surface area contributed by atoms with E-state index in [0.29, 0.717) is 5.39 Å². The van der Waals surface area contributed by atoms with Gasteiger partial charge in [0.15, 0.2) is 0 Å². The number of fused-ring (bicyclic) bond motifs is 1. The normalized spacial score (nSPS) is 12.1. The van der Waals surface area contributed by atoms with Crippen LogP contribution in [0.25, 0.3) is 10.8 Å². The first-order valence-electron chi connectivity index (χ1n) is 7.63. The highest BCUT2D eigenvalue weighted by Gasteiger charge is 2.43. The monoisotopic (exact) mass is 348 g/mol. The summed E-state index contributed by atoms with van der Waals surface area (Å²) in [7, 11) is -4.13. The lowest BCUT2D eigenvalue weighted by molar-refractivity contribution is -0.141. The van der Waals surface area contributed by atoms with Crippen molar-refractivity contribution in [1.82, 2.24) is 4.72 Å². The quantitative estimate of drug-likeness (QED) is 0.778.